The molecule has 0 unspecified atom stereocenters. The highest BCUT2D eigenvalue weighted by atomic mass is 35.5. The molecule has 0 amide bonds. The topological polar surface area (TPSA) is 29.3 Å². The smallest absolute Gasteiger partial charge is 0.141 e. The van der Waals surface area contributed by atoms with Crippen LogP contribution in [-0.2, 0) is 0 Å². The molecule has 0 atom stereocenters. The summed E-state index contributed by atoms with van der Waals surface area (Å²) >= 11 is 5.79. The van der Waals surface area contributed by atoms with Crippen molar-refractivity contribution >= 4 is 17.3 Å². The van der Waals surface area contributed by atoms with Crippen molar-refractivity contribution in [3.8, 4) is 0 Å². The Morgan fingerprint density at radius 2 is 2.06 bits per heavy atom. The molecule has 0 saturated heterocycles. The van der Waals surface area contributed by atoms with E-state index >= 15 is 0 Å². The van der Waals surface area contributed by atoms with Crippen molar-refractivity contribution in [2.45, 2.75) is 20.3 Å². The molecule has 1 aromatic rings. The van der Waals surface area contributed by atoms with Gasteiger partial charge >= 0.3 is 0 Å². The molecule has 0 aliphatic heterocycles. The van der Waals surface area contributed by atoms with Crippen LogP contribution in [0.5, 0.6) is 0 Å². The van der Waals surface area contributed by atoms with Crippen molar-refractivity contribution < 1.29 is 4.39 Å². The molecule has 4 heteroatoms. The van der Waals surface area contributed by atoms with Gasteiger partial charge in [-0.15, -0.1) is 0 Å². The van der Waals surface area contributed by atoms with E-state index in [0.717, 1.165) is 25.2 Å². The van der Waals surface area contributed by atoms with Gasteiger partial charge in [-0.05, 0) is 30.5 Å². The van der Waals surface area contributed by atoms with Crippen LogP contribution in [0.2, 0.25) is 5.02 Å². The molecule has 0 radical (unpaired) electrons. The number of anilines is 1. The third-order valence-corrected chi connectivity index (χ3v) is 2.93. The van der Waals surface area contributed by atoms with E-state index in [1.165, 1.54) is 6.07 Å². The summed E-state index contributed by atoms with van der Waals surface area (Å²) in [7, 11) is 0. The van der Waals surface area contributed by atoms with Crippen molar-refractivity contribution in [2.75, 3.05) is 24.5 Å². The van der Waals surface area contributed by atoms with Crippen LogP contribution in [-0.4, -0.2) is 19.6 Å². The summed E-state index contributed by atoms with van der Waals surface area (Å²) in [5, 5.41) is 0.161. The molecule has 96 valence electrons. The van der Waals surface area contributed by atoms with Gasteiger partial charge in [0, 0.05) is 25.3 Å². The fraction of sp³-hybridized carbons (Fsp3) is 0.538. The van der Waals surface area contributed by atoms with E-state index < -0.39 is 0 Å². The van der Waals surface area contributed by atoms with Gasteiger partial charge in [-0.2, -0.15) is 0 Å². The zero-order chi connectivity index (χ0) is 12.8. The minimum atomic E-state index is -0.382. The molecule has 2 N–H and O–H groups in total. The highest BCUT2D eigenvalue weighted by Crippen LogP contribution is 2.23. The van der Waals surface area contributed by atoms with Crippen LogP contribution >= 0.6 is 11.6 Å². The number of rotatable bonds is 6. The standard InChI is InChI=1S/C13H20ClFN2/c1-10(2)5-7-17(8-6-16)11-3-4-13(15)12(14)9-11/h3-4,9-10H,5-8,16H2,1-2H3. The van der Waals surface area contributed by atoms with Gasteiger partial charge in [-0.25, -0.2) is 4.39 Å². The van der Waals surface area contributed by atoms with E-state index in [9.17, 15) is 4.39 Å². The number of hydrogen-bond donors (Lipinski definition) is 1. The molecule has 1 aromatic carbocycles. The summed E-state index contributed by atoms with van der Waals surface area (Å²) < 4.78 is 13.1. The first-order valence-electron chi connectivity index (χ1n) is 5.94. The lowest BCUT2D eigenvalue weighted by molar-refractivity contribution is 0.572. The predicted octanol–water partition coefficient (Wildman–Crippen LogP) is 3.29. The van der Waals surface area contributed by atoms with Crippen LogP contribution in [0.1, 0.15) is 20.3 Å². The average molecular weight is 259 g/mol. The molecule has 0 heterocycles. The molecular weight excluding hydrogens is 239 g/mol. The molecule has 2 nitrogen and oxygen atoms in total. The van der Waals surface area contributed by atoms with E-state index in [2.05, 4.69) is 18.7 Å². The Balaban J connectivity index is 2.77. The summed E-state index contributed by atoms with van der Waals surface area (Å²) in [5.41, 5.74) is 6.53. The van der Waals surface area contributed by atoms with Crippen LogP contribution in [0.3, 0.4) is 0 Å². The van der Waals surface area contributed by atoms with Gasteiger partial charge in [0.2, 0.25) is 0 Å². The number of benzene rings is 1. The Morgan fingerprint density at radius 1 is 1.35 bits per heavy atom. The number of hydrogen-bond acceptors (Lipinski definition) is 2. The fourth-order valence-corrected chi connectivity index (χ4v) is 1.80. The first-order chi connectivity index (χ1) is 8.04. The largest absolute Gasteiger partial charge is 0.370 e. The highest BCUT2D eigenvalue weighted by Gasteiger charge is 2.09. The maximum absolute atomic E-state index is 13.1. The van der Waals surface area contributed by atoms with E-state index in [-0.39, 0.29) is 10.8 Å². The van der Waals surface area contributed by atoms with E-state index in [0.29, 0.717) is 12.5 Å². The molecule has 0 spiro atoms. The number of halogens is 2. The summed E-state index contributed by atoms with van der Waals surface area (Å²) in [4.78, 5) is 2.14. The minimum Gasteiger partial charge on any atom is -0.370 e. The van der Waals surface area contributed by atoms with Gasteiger partial charge in [-0.1, -0.05) is 25.4 Å². The lowest BCUT2D eigenvalue weighted by atomic mass is 10.1. The van der Waals surface area contributed by atoms with Crippen LogP contribution in [0, 0.1) is 11.7 Å². The Kier molecular flexibility index (Phi) is 5.72. The van der Waals surface area contributed by atoms with Crippen molar-refractivity contribution in [3.63, 3.8) is 0 Å². The van der Waals surface area contributed by atoms with Crippen molar-refractivity contribution in [1.29, 1.82) is 0 Å². The lowest BCUT2D eigenvalue weighted by Gasteiger charge is -2.25. The molecule has 0 aromatic heterocycles. The highest BCUT2D eigenvalue weighted by molar-refractivity contribution is 6.31. The molecule has 1 rings (SSSR count). The van der Waals surface area contributed by atoms with Crippen molar-refractivity contribution in [2.24, 2.45) is 11.7 Å². The lowest BCUT2D eigenvalue weighted by Crippen LogP contribution is -2.31. The van der Waals surface area contributed by atoms with E-state index in [4.69, 9.17) is 17.3 Å². The molecular formula is C13H20ClFN2. The van der Waals surface area contributed by atoms with Crippen LogP contribution in [0.4, 0.5) is 10.1 Å². The zero-order valence-corrected chi connectivity index (χ0v) is 11.2. The Labute approximate surface area is 108 Å². The normalized spacial score (nSPS) is 10.9. The summed E-state index contributed by atoms with van der Waals surface area (Å²) in [6.07, 6.45) is 1.08. The molecule has 17 heavy (non-hydrogen) atoms. The quantitative estimate of drug-likeness (QED) is 0.848. The summed E-state index contributed by atoms with van der Waals surface area (Å²) in [6, 6.07) is 4.81. The monoisotopic (exact) mass is 258 g/mol. The first kappa shape index (κ1) is 14.3. The first-order valence-corrected chi connectivity index (χ1v) is 6.32. The van der Waals surface area contributed by atoms with Gasteiger partial charge in [0.15, 0.2) is 0 Å². The maximum atomic E-state index is 13.1. The number of nitrogens with zero attached hydrogens (tertiary/aromatic N) is 1. The third-order valence-electron chi connectivity index (χ3n) is 2.64. The SMILES string of the molecule is CC(C)CCN(CCN)c1ccc(F)c(Cl)c1. The second-order valence-electron chi connectivity index (χ2n) is 4.56. The zero-order valence-electron chi connectivity index (χ0n) is 10.4. The van der Waals surface area contributed by atoms with Crippen molar-refractivity contribution in [1.82, 2.24) is 0 Å². The van der Waals surface area contributed by atoms with Gasteiger partial charge in [0.25, 0.3) is 0 Å². The van der Waals surface area contributed by atoms with Gasteiger partial charge < -0.3 is 10.6 Å². The Bertz CT molecular complexity index is 355. The molecule has 0 aliphatic rings. The molecule has 0 fully saturated rings. The summed E-state index contributed by atoms with van der Waals surface area (Å²) in [6.45, 7) is 6.61. The number of nitrogens with two attached hydrogens (primary N) is 1. The maximum Gasteiger partial charge on any atom is 0.141 e. The van der Waals surface area contributed by atoms with Crippen LogP contribution < -0.4 is 10.6 Å². The van der Waals surface area contributed by atoms with Crippen LogP contribution in [0.25, 0.3) is 0 Å². The predicted molar refractivity (Wildman–Crippen MR) is 72.1 cm³/mol. The minimum absolute atomic E-state index is 0.161. The second kappa shape index (κ2) is 6.82. The van der Waals surface area contributed by atoms with E-state index in [1.807, 2.05) is 0 Å². The molecule has 0 bridgehead atoms. The summed E-state index contributed by atoms with van der Waals surface area (Å²) in [5.74, 6) is 0.248. The van der Waals surface area contributed by atoms with Crippen LogP contribution in [0.15, 0.2) is 18.2 Å². The fourth-order valence-electron chi connectivity index (χ4n) is 1.62. The van der Waals surface area contributed by atoms with Gasteiger partial charge in [-0.3, -0.25) is 0 Å². The Hall–Kier alpha value is -0.800. The second-order valence-corrected chi connectivity index (χ2v) is 4.96. The van der Waals surface area contributed by atoms with E-state index in [1.54, 1.807) is 12.1 Å². The van der Waals surface area contributed by atoms with Gasteiger partial charge in [0.1, 0.15) is 5.82 Å². The van der Waals surface area contributed by atoms with Gasteiger partial charge in [0.05, 0.1) is 5.02 Å². The van der Waals surface area contributed by atoms with Crippen molar-refractivity contribution in [3.05, 3.63) is 29.0 Å². The third kappa shape index (κ3) is 4.52. The molecule has 0 aliphatic carbocycles. The molecule has 0 saturated carbocycles. The average Bonchev–Trinajstić information content (AvgIpc) is 2.28. The Morgan fingerprint density at radius 3 is 2.59 bits per heavy atom.